The standard InChI is InChI=1S/C8H10O.C6H12.C5H6O3/c1-7(9)8-5-3-2-4-6-8;1-2-4-6-5-3-1;6-3-1-2-4-8-5-7/h2-7,9H,1H3;1-6H2;5-6H,3-4H2. The molecule has 1 unspecified atom stereocenters. The van der Waals surface area contributed by atoms with E-state index in [1.807, 2.05) is 30.3 Å². The van der Waals surface area contributed by atoms with E-state index in [1.165, 1.54) is 38.5 Å². The number of hydrogen-bond donors (Lipinski definition) is 2. The topological polar surface area (TPSA) is 66.8 Å². The van der Waals surface area contributed by atoms with Crippen molar-refractivity contribution in [1.82, 2.24) is 0 Å². The summed E-state index contributed by atoms with van der Waals surface area (Å²) in [5.74, 6) is 4.69. The number of rotatable bonds is 3. The molecule has 1 atom stereocenters. The molecule has 0 radical (unpaired) electrons. The van der Waals surface area contributed by atoms with Gasteiger partial charge in [0.05, 0.1) is 6.10 Å². The van der Waals surface area contributed by atoms with Crippen molar-refractivity contribution in [3.63, 3.8) is 0 Å². The maximum atomic E-state index is 9.42. The monoisotopic (exact) mass is 320 g/mol. The third kappa shape index (κ3) is 14.9. The highest BCUT2D eigenvalue weighted by Crippen LogP contribution is 2.15. The lowest BCUT2D eigenvalue weighted by Crippen LogP contribution is -1.87. The first-order valence-corrected chi connectivity index (χ1v) is 8.07. The first kappa shape index (κ1) is 21.2. The summed E-state index contributed by atoms with van der Waals surface area (Å²) in [5, 5.41) is 17.1. The molecular weight excluding hydrogens is 292 g/mol. The molecule has 1 aromatic rings. The van der Waals surface area contributed by atoms with Crippen LogP contribution in [-0.4, -0.2) is 29.9 Å². The third-order valence-corrected chi connectivity index (χ3v) is 3.21. The minimum Gasteiger partial charge on any atom is -0.455 e. The summed E-state index contributed by atoms with van der Waals surface area (Å²) in [4.78, 5) is 9.42. The Kier molecular flexibility index (Phi) is 15.2. The summed E-state index contributed by atoms with van der Waals surface area (Å²) in [7, 11) is 0. The van der Waals surface area contributed by atoms with E-state index in [9.17, 15) is 4.79 Å². The van der Waals surface area contributed by atoms with Gasteiger partial charge in [0.25, 0.3) is 6.47 Å². The van der Waals surface area contributed by atoms with Crippen molar-refractivity contribution in [3.8, 4) is 11.8 Å². The van der Waals surface area contributed by atoms with Crippen molar-refractivity contribution >= 4 is 6.47 Å². The van der Waals surface area contributed by atoms with Crippen molar-refractivity contribution < 1.29 is 19.7 Å². The van der Waals surface area contributed by atoms with Crippen LogP contribution >= 0.6 is 0 Å². The molecule has 0 spiro atoms. The van der Waals surface area contributed by atoms with Gasteiger partial charge in [-0.25, -0.2) is 0 Å². The van der Waals surface area contributed by atoms with Gasteiger partial charge in [-0.1, -0.05) is 80.7 Å². The fourth-order valence-electron chi connectivity index (χ4n) is 1.97. The van der Waals surface area contributed by atoms with Gasteiger partial charge in [-0.3, -0.25) is 4.79 Å². The SMILES string of the molecule is C1CCCCC1.CC(O)c1ccccc1.O=COCC#CCO. The molecule has 0 saturated heterocycles. The number of carbonyl (C=O) groups is 1. The highest BCUT2D eigenvalue weighted by molar-refractivity contribution is 5.37. The summed E-state index contributed by atoms with van der Waals surface area (Å²) >= 11 is 0. The lowest BCUT2D eigenvalue weighted by atomic mass is 10.0. The first-order valence-electron chi connectivity index (χ1n) is 8.07. The second-order valence-electron chi connectivity index (χ2n) is 5.13. The second kappa shape index (κ2) is 16.5. The van der Waals surface area contributed by atoms with Crippen molar-refractivity contribution in [2.75, 3.05) is 13.2 Å². The van der Waals surface area contributed by atoms with E-state index in [-0.39, 0.29) is 19.3 Å². The minimum atomic E-state index is -0.341. The molecule has 1 aliphatic rings. The van der Waals surface area contributed by atoms with Crippen LogP contribution in [0.2, 0.25) is 0 Å². The largest absolute Gasteiger partial charge is 0.455 e. The van der Waals surface area contributed by atoms with Gasteiger partial charge >= 0.3 is 0 Å². The van der Waals surface area contributed by atoms with E-state index in [1.54, 1.807) is 6.92 Å². The Morgan fingerprint density at radius 2 is 1.61 bits per heavy atom. The predicted molar refractivity (Wildman–Crippen MR) is 91.7 cm³/mol. The molecule has 0 amide bonds. The van der Waals surface area contributed by atoms with Crippen LogP contribution in [0.15, 0.2) is 30.3 Å². The highest BCUT2D eigenvalue weighted by atomic mass is 16.5. The van der Waals surface area contributed by atoms with Crippen LogP contribution in [0.1, 0.15) is 57.1 Å². The van der Waals surface area contributed by atoms with E-state index >= 15 is 0 Å². The summed E-state index contributed by atoms with van der Waals surface area (Å²) in [6, 6.07) is 9.59. The Morgan fingerprint density at radius 3 is 1.96 bits per heavy atom. The maximum absolute atomic E-state index is 9.42. The molecule has 4 nitrogen and oxygen atoms in total. The first-order chi connectivity index (χ1) is 11.2. The van der Waals surface area contributed by atoms with Crippen LogP contribution in [0.4, 0.5) is 0 Å². The van der Waals surface area contributed by atoms with Crippen LogP contribution in [0.3, 0.4) is 0 Å². The van der Waals surface area contributed by atoms with Crippen molar-refractivity contribution in [2.24, 2.45) is 0 Å². The van der Waals surface area contributed by atoms with Gasteiger partial charge < -0.3 is 14.9 Å². The van der Waals surface area contributed by atoms with Crippen LogP contribution in [-0.2, 0) is 9.53 Å². The third-order valence-electron chi connectivity index (χ3n) is 3.21. The zero-order valence-electron chi connectivity index (χ0n) is 13.9. The molecule has 1 aliphatic carbocycles. The number of carbonyl (C=O) groups excluding carboxylic acids is 1. The molecule has 0 heterocycles. The summed E-state index contributed by atoms with van der Waals surface area (Å²) < 4.78 is 4.17. The Hall–Kier alpha value is -1.83. The number of aliphatic hydroxyl groups is 2. The zero-order valence-corrected chi connectivity index (χ0v) is 13.9. The van der Waals surface area contributed by atoms with E-state index in [0.717, 1.165) is 5.56 Å². The van der Waals surface area contributed by atoms with Gasteiger partial charge in [0.1, 0.15) is 6.61 Å². The van der Waals surface area contributed by atoms with Crippen LogP contribution in [0.25, 0.3) is 0 Å². The quantitative estimate of drug-likeness (QED) is 0.510. The lowest BCUT2D eigenvalue weighted by Gasteiger charge is -2.05. The van der Waals surface area contributed by atoms with E-state index < -0.39 is 0 Å². The van der Waals surface area contributed by atoms with Gasteiger partial charge in [0.15, 0.2) is 6.61 Å². The molecular formula is C19H28O4. The second-order valence-corrected chi connectivity index (χ2v) is 5.13. The fourth-order valence-corrected chi connectivity index (χ4v) is 1.97. The number of benzene rings is 1. The molecule has 1 fully saturated rings. The van der Waals surface area contributed by atoms with Crippen molar-refractivity contribution in [2.45, 2.75) is 51.6 Å². The predicted octanol–water partition coefficient (Wildman–Crippen LogP) is 3.24. The van der Waals surface area contributed by atoms with Gasteiger partial charge in [0.2, 0.25) is 0 Å². The van der Waals surface area contributed by atoms with Crippen molar-refractivity contribution in [1.29, 1.82) is 0 Å². The summed E-state index contributed by atoms with van der Waals surface area (Å²) in [5.41, 5.74) is 0.970. The average molecular weight is 320 g/mol. The molecule has 23 heavy (non-hydrogen) atoms. The highest BCUT2D eigenvalue weighted by Gasteiger charge is 1.96. The maximum Gasteiger partial charge on any atom is 0.294 e. The number of ether oxygens (including phenoxy) is 1. The number of hydrogen-bond acceptors (Lipinski definition) is 4. The molecule has 1 aromatic carbocycles. The minimum absolute atomic E-state index is 0.0596. The van der Waals surface area contributed by atoms with Gasteiger partial charge in [-0.2, -0.15) is 0 Å². The Morgan fingerprint density at radius 1 is 1.09 bits per heavy atom. The molecule has 0 aromatic heterocycles. The Balaban J connectivity index is 0.000000322. The molecule has 0 aliphatic heterocycles. The van der Waals surface area contributed by atoms with Crippen LogP contribution in [0, 0.1) is 11.8 Å². The molecule has 128 valence electrons. The molecule has 4 heteroatoms. The molecule has 2 rings (SSSR count). The van der Waals surface area contributed by atoms with E-state index in [4.69, 9.17) is 10.2 Å². The van der Waals surface area contributed by atoms with Gasteiger partial charge in [-0.05, 0) is 12.5 Å². The van der Waals surface area contributed by atoms with Crippen LogP contribution in [0.5, 0.6) is 0 Å². The summed E-state index contributed by atoms with van der Waals surface area (Å²) in [6.45, 7) is 1.94. The zero-order chi connectivity index (χ0) is 17.2. The summed E-state index contributed by atoms with van der Waals surface area (Å²) in [6.07, 6.45) is 8.66. The van der Waals surface area contributed by atoms with Gasteiger partial charge in [-0.15, -0.1) is 0 Å². The van der Waals surface area contributed by atoms with Gasteiger partial charge in [0, 0.05) is 0 Å². The molecule has 1 saturated carbocycles. The Labute approximate surface area is 139 Å². The normalized spacial score (nSPS) is 13.7. The number of aliphatic hydroxyl groups excluding tert-OH is 2. The van der Waals surface area contributed by atoms with Crippen molar-refractivity contribution in [3.05, 3.63) is 35.9 Å². The van der Waals surface area contributed by atoms with Crippen LogP contribution < -0.4 is 0 Å². The van der Waals surface area contributed by atoms with E-state index in [2.05, 4.69) is 16.6 Å². The average Bonchev–Trinajstić information content (AvgIpc) is 2.62. The van der Waals surface area contributed by atoms with E-state index in [0.29, 0.717) is 6.47 Å². The molecule has 0 bridgehead atoms. The molecule has 2 N–H and O–H groups in total. The lowest BCUT2D eigenvalue weighted by molar-refractivity contribution is -0.127. The smallest absolute Gasteiger partial charge is 0.294 e. The Bertz CT molecular complexity index is 416. The fraction of sp³-hybridized carbons (Fsp3) is 0.526.